The largest absolute Gasteiger partial charge is 0.497 e. The van der Waals surface area contributed by atoms with Crippen molar-refractivity contribution in [1.29, 1.82) is 0 Å². The Labute approximate surface area is 252 Å². The van der Waals surface area contributed by atoms with Crippen molar-refractivity contribution in [2.45, 2.75) is 63.8 Å². The van der Waals surface area contributed by atoms with Crippen LogP contribution in [0, 0.1) is 0 Å². The molecular formula is C32H40N6O5. The predicted molar refractivity (Wildman–Crippen MR) is 164 cm³/mol. The third kappa shape index (κ3) is 6.17. The Bertz CT molecular complexity index is 1520. The van der Waals surface area contributed by atoms with Crippen molar-refractivity contribution in [2.24, 2.45) is 0 Å². The fraction of sp³-hybridized carbons (Fsp3) is 0.500. The number of piperazine rings is 1. The van der Waals surface area contributed by atoms with Gasteiger partial charge in [0.15, 0.2) is 0 Å². The number of rotatable bonds is 7. The number of hydrogen-bond acceptors (Lipinski definition) is 9. The molecule has 4 heterocycles. The fourth-order valence-corrected chi connectivity index (χ4v) is 6.28. The number of ether oxygens (including phenoxy) is 3. The molecule has 2 bridgehead atoms. The van der Waals surface area contributed by atoms with E-state index in [1.54, 1.807) is 19.2 Å². The Morgan fingerprint density at radius 2 is 1.88 bits per heavy atom. The molecule has 11 nitrogen and oxygen atoms in total. The standard InChI is InChI=1S/C32H40N6O5/c1-32(2,3)43-31(40)38-18-22-14-23(38)17-37(22)28-16-27(34-30(35-28)42-19-21-10-8-12-36(21)4)29(39)33-26-15-24(41-5)13-20-9-6-7-11-25(20)26/h6-7,9,11,13,15-16,21-23H,8,10,12,14,17-19H2,1-5H3,(H,33,39)/t21?,22-,23-/m0/s1. The van der Waals surface area contributed by atoms with E-state index >= 15 is 0 Å². The molecule has 0 aliphatic carbocycles. The zero-order valence-corrected chi connectivity index (χ0v) is 25.5. The third-order valence-corrected chi connectivity index (χ3v) is 8.48. The maximum atomic E-state index is 13.7. The van der Waals surface area contributed by atoms with Crippen molar-refractivity contribution < 1.29 is 23.8 Å². The Morgan fingerprint density at radius 3 is 2.58 bits per heavy atom. The number of carbonyl (C=O) groups is 2. The monoisotopic (exact) mass is 588 g/mol. The predicted octanol–water partition coefficient (Wildman–Crippen LogP) is 4.56. The van der Waals surface area contributed by atoms with Gasteiger partial charge in [-0.15, -0.1) is 0 Å². The first-order valence-electron chi connectivity index (χ1n) is 14.9. The highest BCUT2D eigenvalue weighted by atomic mass is 16.6. The lowest BCUT2D eigenvalue weighted by Gasteiger charge is -2.35. The topological polar surface area (TPSA) is 109 Å². The van der Waals surface area contributed by atoms with Crippen molar-refractivity contribution in [3.8, 4) is 11.8 Å². The van der Waals surface area contributed by atoms with Crippen molar-refractivity contribution in [1.82, 2.24) is 19.8 Å². The number of hydrogen-bond donors (Lipinski definition) is 1. The van der Waals surface area contributed by atoms with Crippen molar-refractivity contribution >= 4 is 34.3 Å². The number of fused-ring (bicyclic) bond motifs is 3. The van der Waals surface area contributed by atoms with Crippen LogP contribution in [-0.4, -0.2) is 95.9 Å². The van der Waals surface area contributed by atoms with E-state index in [2.05, 4.69) is 27.1 Å². The normalized spacial score (nSPS) is 21.8. The fourth-order valence-electron chi connectivity index (χ4n) is 6.28. The Morgan fingerprint density at radius 1 is 1.07 bits per heavy atom. The molecule has 0 radical (unpaired) electrons. The molecule has 3 aliphatic heterocycles. The van der Waals surface area contributed by atoms with Gasteiger partial charge in [-0.2, -0.15) is 9.97 Å². The molecule has 3 saturated heterocycles. The lowest BCUT2D eigenvalue weighted by atomic mass is 10.1. The molecule has 43 heavy (non-hydrogen) atoms. The SMILES string of the molecule is COc1cc(NC(=O)c2cc(N3C[C@@H]4C[C@H]3CN4C(=O)OC(C)(C)C)nc(OCC3CCCN3C)n2)c2ccccc2c1. The van der Waals surface area contributed by atoms with Crippen LogP contribution in [0.5, 0.6) is 11.8 Å². The number of benzene rings is 2. The highest BCUT2D eigenvalue weighted by Crippen LogP contribution is 2.36. The average molecular weight is 589 g/mol. The van der Waals surface area contributed by atoms with Crippen molar-refractivity contribution in [2.75, 3.05) is 50.6 Å². The summed E-state index contributed by atoms with van der Waals surface area (Å²) < 4.78 is 17.2. The highest BCUT2D eigenvalue weighted by molar-refractivity contribution is 6.09. The van der Waals surface area contributed by atoms with Crippen molar-refractivity contribution in [3.63, 3.8) is 0 Å². The first-order valence-corrected chi connectivity index (χ1v) is 14.9. The van der Waals surface area contributed by atoms with Crippen LogP contribution in [-0.2, 0) is 4.74 Å². The number of nitrogens with one attached hydrogen (secondary N) is 1. The first-order chi connectivity index (χ1) is 20.6. The molecular weight excluding hydrogens is 548 g/mol. The van der Waals surface area contributed by atoms with Gasteiger partial charge in [0.2, 0.25) is 0 Å². The van der Waals surface area contributed by atoms with E-state index < -0.39 is 5.60 Å². The average Bonchev–Trinajstić information content (AvgIpc) is 3.71. The number of likely N-dealkylation sites (tertiary alicyclic amines) is 2. The molecule has 3 aromatic rings. The second kappa shape index (κ2) is 11.5. The summed E-state index contributed by atoms with van der Waals surface area (Å²) >= 11 is 0. The minimum Gasteiger partial charge on any atom is -0.497 e. The molecule has 228 valence electrons. The van der Waals surface area contributed by atoms with Gasteiger partial charge >= 0.3 is 12.1 Å². The molecule has 1 aromatic heterocycles. The van der Waals surface area contributed by atoms with Gasteiger partial charge in [-0.25, -0.2) is 4.79 Å². The third-order valence-electron chi connectivity index (χ3n) is 8.48. The van der Waals surface area contributed by atoms with E-state index in [4.69, 9.17) is 19.2 Å². The lowest BCUT2D eigenvalue weighted by Crippen LogP contribution is -2.50. The summed E-state index contributed by atoms with van der Waals surface area (Å²) in [4.78, 5) is 42.1. The van der Waals surface area contributed by atoms with E-state index in [1.807, 2.05) is 56.0 Å². The molecule has 3 aliphatic rings. The summed E-state index contributed by atoms with van der Waals surface area (Å²) in [7, 11) is 3.69. The van der Waals surface area contributed by atoms with E-state index in [1.165, 1.54) is 0 Å². The zero-order chi connectivity index (χ0) is 30.3. The number of carbonyl (C=O) groups excluding carboxylic acids is 2. The van der Waals surface area contributed by atoms with Crippen LogP contribution in [0.2, 0.25) is 0 Å². The van der Waals surface area contributed by atoms with Gasteiger partial charge in [0.25, 0.3) is 5.91 Å². The van der Waals surface area contributed by atoms with Gasteiger partial charge in [-0.1, -0.05) is 24.3 Å². The van der Waals surface area contributed by atoms with Gasteiger partial charge < -0.3 is 34.2 Å². The van der Waals surface area contributed by atoms with Gasteiger partial charge in [0.1, 0.15) is 29.5 Å². The maximum absolute atomic E-state index is 13.7. The molecule has 2 aromatic carbocycles. The quantitative estimate of drug-likeness (QED) is 0.425. The van der Waals surface area contributed by atoms with E-state index in [0.29, 0.717) is 37.0 Å². The molecule has 3 fully saturated rings. The summed E-state index contributed by atoms with van der Waals surface area (Å²) in [6, 6.07) is 13.8. The Balaban J connectivity index is 1.26. The van der Waals surface area contributed by atoms with Gasteiger partial charge in [-0.3, -0.25) is 4.79 Å². The zero-order valence-electron chi connectivity index (χ0n) is 25.5. The number of amides is 2. The van der Waals surface area contributed by atoms with E-state index in [-0.39, 0.29) is 41.8 Å². The molecule has 0 saturated carbocycles. The van der Waals surface area contributed by atoms with Gasteiger partial charge in [0.05, 0.1) is 24.9 Å². The molecule has 6 rings (SSSR count). The molecule has 1 N–H and O–H groups in total. The van der Waals surface area contributed by atoms with Gasteiger partial charge in [0, 0.05) is 36.7 Å². The first kappa shape index (κ1) is 29.0. The van der Waals surface area contributed by atoms with Crippen LogP contribution in [0.3, 0.4) is 0 Å². The van der Waals surface area contributed by atoms with Crippen molar-refractivity contribution in [3.05, 3.63) is 48.2 Å². The second-order valence-electron chi connectivity index (χ2n) is 12.7. The summed E-state index contributed by atoms with van der Waals surface area (Å²) in [6.07, 6.45) is 2.68. The molecule has 2 amide bonds. The van der Waals surface area contributed by atoms with Crippen LogP contribution in [0.1, 0.15) is 50.5 Å². The molecule has 0 spiro atoms. The van der Waals surface area contributed by atoms with E-state index in [9.17, 15) is 9.59 Å². The van der Waals surface area contributed by atoms with Crippen LogP contribution < -0.4 is 19.7 Å². The number of anilines is 2. The molecule has 11 heteroatoms. The molecule has 1 unspecified atom stereocenters. The lowest BCUT2D eigenvalue weighted by molar-refractivity contribution is 0.0214. The van der Waals surface area contributed by atoms with Crippen LogP contribution in [0.15, 0.2) is 42.5 Å². The Hall–Kier alpha value is -4.12. The minimum absolute atomic E-state index is 0.00625. The smallest absolute Gasteiger partial charge is 0.410 e. The summed E-state index contributed by atoms with van der Waals surface area (Å²) in [5.41, 5.74) is 0.281. The highest BCUT2D eigenvalue weighted by Gasteiger charge is 2.47. The number of likely N-dealkylation sites (N-methyl/N-ethyl adjacent to an activating group) is 1. The van der Waals surface area contributed by atoms with E-state index in [0.717, 1.165) is 36.6 Å². The van der Waals surface area contributed by atoms with Crippen LogP contribution in [0.4, 0.5) is 16.3 Å². The number of methoxy groups -OCH3 is 1. The summed E-state index contributed by atoms with van der Waals surface area (Å²) in [5, 5.41) is 4.89. The maximum Gasteiger partial charge on any atom is 0.410 e. The minimum atomic E-state index is -0.554. The number of aromatic nitrogens is 2. The molecule has 3 atom stereocenters. The summed E-state index contributed by atoms with van der Waals surface area (Å²) in [6.45, 7) is 8.22. The van der Waals surface area contributed by atoms with Gasteiger partial charge in [-0.05, 0) is 65.1 Å². The second-order valence-corrected chi connectivity index (χ2v) is 12.7. The van der Waals surface area contributed by atoms with Crippen LogP contribution >= 0.6 is 0 Å². The Kier molecular flexibility index (Phi) is 7.76. The summed E-state index contributed by atoms with van der Waals surface area (Å²) in [5.74, 6) is 0.885. The van der Waals surface area contributed by atoms with Crippen LogP contribution in [0.25, 0.3) is 10.8 Å². The number of nitrogens with zero attached hydrogens (tertiary/aromatic N) is 5.